The predicted molar refractivity (Wildman–Crippen MR) is 114 cm³/mol. The van der Waals surface area contributed by atoms with E-state index in [4.69, 9.17) is 16.3 Å². The summed E-state index contributed by atoms with van der Waals surface area (Å²) in [5, 5.41) is 0.227. The van der Waals surface area contributed by atoms with E-state index in [1.54, 1.807) is 18.2 Å². The van der Waals surface area contributed by atoms with Crippen LogP contribution in [0.25, 0.3) is 22.0 Å². The van der Waals surface area contributed by atoms with Crippen LogP contribution < -0.4 is 9.46 Å². The van der Waals surface area contributed by atoms with Crippen LogP contribution >= 0.6 is 11.6 Å². The van der Waals surface area contributed by atoms with Gasteiger partial charge in [0.05, 0.1) is 23.8 Å². The van der Waals surface area contributed by atoms with Gasteiger partial charge in [-0.2, -0.15) is 0 Å². The first-order valence-corrected chi connectivity index (χ1v) is 10.8. The molecule has 4 aromatic rings. The minimum absolute atomic E-state index is 0.116. The number of halogens is 4. The molecule has 2 heterocycles. The van der Waals surface area contributed by atoms with Gasteiger partial charge in [0.25, 0.3) is 10.0 Å². The highest BCUT2D eigenvalue weighted by molar-refractivity contribution is 7.92. The van der Waals surface area contributed by atoms with Gasteiger partial charge in [-0.15, -0.1) is 0 Å². The Morgan fingerprint density at radius 3 is 2.34 bits per heavy atom. The number of nitrogens with one attached hydrogen (secondary N) is 1. The first-order valence-electron chi connectivity index (χ1n) is 8.96. The molecule has 0 saturated heterocycles. The van der Waals surface area contributed by atoms with E-state index < -0.39 is 32.4 Å². The summed E-state index contributed by atoms with van der Waals surface area (Å²) < 4.78 is 74.4. The van der Waals surface area contributed by atoms with E-state index >= 15 is 0 Å². The molecule has 0 aliphatic carbocycles. The summed E-state index contributed by atoms with van der Waals surface area (Å²) in [6, 6.07) is 8.90. The summed E-state index contributed by atoms with van der Waals surface area (Å²) in [5.74, 6) is -3.32. The number of fused-ring (bicyclic) bond motifs is 1. The smallest absolute Gasteiger partial charge is 0.267 e. The summed E-state index contributed by atoms with van der Waals surface area (Å²) in [7, 11) is -3.40. The van der Waals surface area contributed by atoms with Crippen LogP contribution in [0, 0.1) is 17.5 Å². The first-order chi connectivity index (χ1) is 15.2. The Kier molecular flexibility index (Phi) is 5.66. The van der Waals surface area contributed by atoms with E-state index in [-0.39, 0.29) is 16.6 Å². The van der Waals surface area contributed by atoms with Crippen LogP contribution in [0.4, 0.5) is 18.9 Å². The van der Waals surface area contributed by atoms with Crippen molar-refractivity contribution in [3.05, 3.63) is 77.3 Å². The highest BCUT2D eigenvalue weighted by atomic mass is 35.5. The second-order valence-corrected chi connectivity index (χ2v) is 8.59. The molecule has 0 fully saturated rings. The third-order valence-corrected chi connectivity index (χ3v) is 6.37. The lowest BCUT2D eigenvalue weighted by Crippen LogP contribution is -2.17. The van der Waals surface area contributed by atoms with Gasteiger partial charge in [-0.05, 0) is 35.9 Å². The molecular formula is C21H13ClF3N3O3S. The Morgan fingerprint density at radius 2 is 1.66 bits per heavy atom. The summed E-state index contributed by atoms with van der Waals surface area (Å²) in [6.45, 7) is 0. The lowest BCUT2D eigenvalue weighted by Gasteiger charge is -2.14. The van der Waals surface area contributed by atoms with Crippen molar-refractivity contribution in [3.63, 3.8) is 0 Å². The molecule has 2 aromatic carbocycles. The Labute approximate surface area is 185 Å². The number of hydrogen-bond acceptors (Lipinski definition) is 5. The maximum absolute atomic E-state index is 14.0. The van der Waals surface area contributed by atoms with Gasteiger partial charge in [-0.3, -0.25) is 9.71 Å². The molecule has 0 aliphatic heterocycles. The van der Waals surface area contributed by atoms with Crippen molar-refractivity contribution in [2.24, 2.45) is 0 Å². The Hall–Kier alpha value is -3.37. The number of nitrogens with zero attached hydrogens (tertiary/aromatic N) is 2. The van der Waals surface area contributed by atoms with E-state index in [1.807, 2.05) is 0 Å². The van der Waals surface area contributed by atoms with Crippen LogP contribution in [0.5, 0.6) is 5.88 Å². The van der Waals surface area contributed by atoms with Crippen LogP contribution in [-0.2, 0) is 10.0 Å². The normalized spacial score (nSPS) is 11.5. The third kappa shape index (κ3) is 3.94. The van der Waals surface area contributed by atoms with E-state index in [2.05, 4.69) is 14.7 Å². The van der Waals surface area contributed by atoms with Crippen LogP contribution in [-0.4, -0.2) is 25.5 Å². The zero-order chi connectivity index (χ0) is 23.0. The quantitative estimate of drug-likeness (QED) is 0.427. The molecule has 11 heteroatoms. The van der Waals surface area contributed by atoms with Crippen LogP contribution in [0.1, 0.15) is 0 Å². The SMILES string of the molecule is COc1ncc(-c2ccc3ncc(F)c(Cl)c3c2)cc1NS(=O)(=O)c1c(F)cccc1F. The van der Waals surface area contributed by atoms with Gasteiger partial charge in [0, 0.05) is 17.1 Å². The Bertz CT molecular complexity index is 1450. The van der Waals surface area contributed by atoms with Gasteiger partial charge in [-0.1, -0.05) is 23.7 Å². The number of sulfonamides is 1. The highest BCUT2D eigenvalue weighted by Gasteiger charge is 2.25. The number of rotatable bonds is 5. The molecule has 0 unspecified atom stereocenters. The standard InChI is InChI=1S/C21H13ClF3N3O3S/c1-31-21-18(28-32(29,30)20-14(23)3-2-4-15(20)24)8-12(9-27-21)11-5-6-17-13(7-11)19(22)16(25)10-26-17/h2-10,28H,1H3. The van der Waals surface area contributed by atoms with Crippen molar-refractivity contribution < 1.29 is 26.3 Å². The molecular weight excluding hydrogens is 467 g/mol. The zero-order valence-corrected chi connectivity index (χ0v) is 17.8. The molecule has 0 radical (unpaired) electrons. The molecule has 0 bridgehead atoms. The summed E-state index contributed by atoms with van der Waals surface area (Å²) in [4.78, 5) is 6.89. The molecule has 0 spiro atoms. The van der Waals surface area contributed by atoms with Gasteiger partial charge < -0.3 is 4.74 Å². The molecule has 4 rings (SSSR count). The fourth-order valence-corrected chi connectivity index (χ4v) is 4.48. The topological polar surface area (TPSA) is 81.2 Å². The van der Waals surface area contributed by atoms with Gasteiger partial charge >= 0.3 is 0 Å². The fraction of sp³-hybridized carbons (Fsp3) is 0.0476. The second-order valence-electron chi connectivity index (χ2n) is 6.59. The van der Waals surface area contributed by atoms with Gasteiger partial charge in [0.1, 0.15) is 17.3 Å². The summed E-state index contributed by atoms with van der Waals surface area (Å²) >= 11 is 6.04. The van der Waals surface area contributed by atoms with E-state index in [0.29, 0.717) is 22.0 Å². The number of ether oxygens (including phenoxy) is 1. The average Bonchev–Trinajstić information content (AvgIpc) is 2.75. The minimum atomic E-state index is -4.65. The molecule has 0 saturated carbocycles. The second kappa shape index (κ2) is 8.29. The van der Waals surface area contributed by atoms with Crippen molar-refractivity contribution in [2.45, 2.75) is 4.90 Å². The molecule has 164 valence electrons. The number of hydrogen-bond donors (Lipinski definition) is 1. The van der Waals surface area contributed by atoms with Crippen LogP contribution in [0.3, 0.4) is 0 Å². The number of aromatic nitrogens is 2. The molecule has 32 heavy (non-hydrogen) atoms. The number of benzene rings is 2. The maximum Gasteiger partial charge on any atom is 0.267 e. The van der Waals surface area contributed by atoms with Crippen molar-refractivity contribution >= 4 is 38.2 Å². The molecule has 6 nitrogen and oxygen atoms in total. The Morgan fingerprint density at radius 1 is 0.938 bits per heavy atom. The largest absolute Gasteiger partial charge is 0.480 e. The van der Waals surface area contributed by atoms with Crippen LogP contribution in [0.2, 0.25) is 5.02 Å². The maximum atomic E-state index is 14.0. The van der Waals surface area contributed by atoms with Gasteiger partial charge in [0.2, 0.25) is 5.88 Å². The summed E-state index contributed by atoms with van der Waals surface area (Å²) in [6.07, 6.45) is 2.40. The van der Waals surface area contributed by atoms with Gasteiger partial charge in [-0.25, -0.2) is 26.6 Å². The van der Waals surface area contributed by atoms with Gasteiger partial charge in [0.15, 0.2) is 10.7 Å². The number of methoxy groups -OCH3 is 1. The third-order valence-electron chi connectivity index (χ3n) is 4.57. The Balaban J connectivity index is 1.80. The highest BCUT2D eigenvalue weighted by Crippen LogP contribution is 2.33. The predicted octanol–water partition coefficient (Wildman–Crippen LogP) is 5.18. The molecule has 2 aromatic heterocycles. The van der Waals surface area contributed by atoms with E-state index in [9.17, 15) is 21.6 Å². The first kappa shape index (κ1) is 21.8. The van der Waals surface area contributed by atoms with Crippen molar-refractivity contribution in [2.75, 3.05) is 11.8 Å². The summed E-state index contributed by atoms with van der Waals surface area (Å²) in [5.41, 5.74) is 1.22. The minimum Gasteiger partial charge on any atom is -0.480 e. The molecule has 0 aliphatic rings. The lowest BCUT2D eigenvalue weighted by molar-refractivity contribution is 0.400. The average molecular weight is 480 g/mol. The number of pyridine rings is 2. The molecule has 0 amide bonds. The van der Waals surface area contributed by atoms with Crippen molar-refractivity contribution in [1.82, 2.24) is 9.97 Å². The molecule has 0 atom stereocenters. The van der Waals surface area contributed by atoms with Crippen molar-refractivity contribution in [3.8, 4) is 17.0 Å². The monoisotopic (exact) mass is 479 g/mol. The lowest BCUT2D eigenvalue weighted by atomic mass is 10.0. The number of anilines is 1. The van der Waals surface area contributed by atoms with E-state index in [0.717, 1.165) is 24.4 Å². The van der Waals surface area contributed by atoms with Crippen LogP contribution in [0.15, 0.2) is 59.8 Å². The van der Waals surface area contributed by atoms with Crippen molar-refractivity contribution in [1.29, 1.82) is 0 Å². The zero-order valence-electron chi connectivity index (χ0n) is 16.2. The van der Waals surface area contributed by atoms with E-state index in [1.165, 1.54) is 19.4 Å². The fourth-order valence-electron chi connectivity index (χ4n) is 3.10. The molecule has 1 N–H and O–H groups in total.